The van der Waals surface area contributed by atoms with Gasteiger partial charge in [0.1, 0.15) is 5.69 Å². The van der Waals surface area contributed by atoms with Gasteiger partial charge in [0, 0.05) is 17.1 Å². The number of nitrogens with zero attached hydrogens (tertiary/aromatic N) is 2. The minimum absolute atomic E-state index is 0.0405. The molecule has 0 unspecified atom stereocenters. The van der Waals surface area contributed by atoms with Crippen molar-refractivity contribution in [3.05, 3.63) is 52.0 Å². The second-order valence-electron chi connectivity index (χ2n) is 4.84. The number of carboxylic acids is 1. The zero-order chi connectivity index (χ0) is 15.4. The quantitative estimate of drug-likeness (QED) is 0.922. The van der Waals surface area contributed by atoms with E-state index in [-0.39, 0.29) is 17.6 Å². The SMILES string of the molecule is CC(C)N(Cc1cccs1)C(=O)c1ccc(C(=O)O)nc1. The first-order valence-corrected chi connectivity index (χ1v) is 7.39. The molecule has 0 aliphatic rings. The number of hydrogen-bond acceptors (Lipinski definition) is 4. The summed E-state index contributed by atoms with van der Waals surface area (Å²) in [6, 6.07) is 6.83. The number of rotatable bonds is 5. The second kappa shape index (κ2) is 6.49. The van der Waals surface area contributed by atoms with Gasteiger partial charge in [-0.05, 0) is 37.4 Å². The minimum Gasteiger partial charge on any atom is -0.477 e. The molecule has 0 spiro atoms. The van der Waals surface area contributed by atoms with E-state index in [2.05, 4.69) is 4.98 Å². The first-order chi connectivity index (χ1) is 9.99. The summed E-state index contributed by atoms with van der Waals surface area (Å²) < 4.78 is 0. The van der Waals surface area contributed by atoms with Crippen molar-refractivity contribution in [3.63, 3.8) is 0 Å². The number of carbonyl (C=O) groups excluding carboxylic acids is 1. The third kappa shape index (κ3) is 3.66. The molecular weight excluding hydrogens is 288 g/mol. The number of aromatic carboxylic acids is 1. The van der Waals surface area contributed by atoms with Crippen molar-refractivity contribution >= 4 is 23.2 Å². The van der Waals surface area contributed by atoms with Crippen LogP contribution in [-0.4, -0.2) is 32.9 Å². The molecule has 0 radical (unpaired) electrons. The monoisotopic (exact) mass is 304 g/mol. The van der Waals surface area contributed by atoms with E-state index in [9.17, 15) is 9.59 Å². The summed E-state index contributed by atoms with van der Waals surface area (Å²) >= 11 is 1.60. The molecule has 0 saturated carbocycles. The van der Waals surface area contributed by atoms with E-state index in [0.717, 1.165) is 4.88 Å². The van der Waals surface area contributed by atoms with Gasteiger partial charge in [0.15, 0.2) is 0 Å². The Kier molecular flexibility index (Phi) is 4.70. The number of hydrogen-bond donors (Lipinski definition) is 1. The summed E-state index contributed by atoms with van der Waals surface area (Å²) in [6.45, 7) is 4.43. The van der Waals surface area contributed by atoms with Gasteiger partial charge < -0.3 is 10.0 Å². The summed E-state index contributed by atoms with van der Waals surface area (Å²) in [5.74, 6) is -1.25. The Labute approximate surface area is 126 Å². The highest BCUT2D eigenvalue weighted by atomic mass is 32.1. The summed E-state index contributed by atoms with van der Waals surface area (Å²) in [5, 5.41) is 10.8. The van der Waals surface area contributed by atoms with Crippen LogP contribution in [0.5, 0.6) is 0 Å². The topological polar surface area (TPSA) is 70.5 Å². The molecule has 0 aromatic carbocycles. The molecule has 0 aliphatic heterocycles. The van der Waals surface area contributed by atoms with Gasteiger partial charge in [-0.15, -0.1) is 11.3 Å². The lowest BCUT2D eigenvalue weighted by Crippen LogP contribution is -2.36. The van der Waals surface area contributed by atoms with Gasteiger partial charge in [0.05, 0.1) is 12.1 Å². The van der Waals surface area contributed by atoms with Crippen molar-refractivity contribution in [1.82, 2.24) is 9.88 Å². The number of amides is 1. The van der Waals surface area contributed by atoms with Gasteiger partial charge in [-0.2, -0.15) is 0 Å². The third-order valence-electron chi connectivity index (χ3n) is 3.02. The van der Waals surface area contributed by atoms with E-state index in [1.54, 1.807) is 16.2 Å². The molecule has 2 rings (SSSR count). The average molecular weight is 304 g/mol. The van der Waals surface area contributed by atoms with Crippen LogP contribution in [0.15, 0.2) is 35.8 Å². The van der Waals surface area contributed by atoms with Crippen LogP contribution >= 0.6 is 11.3 Å². The lowest BCUT2D eigenvalue weighted by molar-refractivity contribution is 0.0675. The van der Waals surface area contributed by atoms with E-state index in [1.165, 1.54) is 18.3 Å². The second-order valence-corrected chi connectivity index (χ2v) is 5.88. The van der Waals surface area contributed by atoms with E-state index in [0.29, 0.717) is 12.1 Å². The number of pyridine rings is 1. The Morgan fingerprint density at radius 1 is 1.33 bits per heavy atom. The predicted octanol–water partition coefficient (Wildman–Crippen LogP) is 2.89. The van der Waals surface area contributed by atoms with Crippen LogP contribution in [0, 0.1) is 0 Å². The normalized spacial score (nSPS) is 10.6. The van der Waals surface area contributed by atoms with Crippen molar-refractivity contribution in [2.45, 2.75) is 26.4 Å². The molecule has 5 nitrogen and oxygen atoms in total. The van der Waals surface area contributed by atoms with E-state index in [1.807, 2.05) is 31.4 Å². The Bertz CT molecular complexity index is 621. The van der Waals surface area contributed by atoms with Crippen molar-refractivity contribution in [3.8, 4) is 0 Å². The van der Waals surface area contributed by atoms with Crippen molar-refractivity contribution < 1.29 is 14.7 Å². The molecule has 0 bridgehead atoms. The summed E-state index contributed by atoms with van der Waals surface area (Å²) in [5.41, 5.74) is 0.325. The number of thiophene rings is 1. The standard InChI is InChI=1S/C15H16N2O3S/c1-10(2)17(9-12-4-3-7-21-12)14(18)11-5-6-13(15(19)20)16-8-11/h3-8,10H,9H2,1-2H3,(H,19,20). The van der Waals surface area contributed by atoms with Crippen LogP contribution in [0.1, 0.15) is 39.6 Å². The first kappa shape index (κ1) is 15.2. The largest absolute Gasteiger partial charge is 0.477 e. The van der Waals surface area contributed by atoms with Gasteiger partial charge in [-0.25, -0.2) is 9.78 Å². The van der Waals surface area contributed by atoms with E-state index < -0.39 is 5.97 Å². The van der Waals surface area contributed by atoms with Crippen LogP contribution in [0.25, 0.3) is 0 Å². The van der Waals surface area contributed by atoms with Crippen molar-refractivity contribution in [2.75, 3.05) is 0 Å². The lowest BCUT2D eigenvalue weighted by Gasteiger charge is -2.26. The van der Waals surface area contributed by atoms with Crippen LogP contribution < -0.4 is 0 Å². The third-order valence-corrected chi connectivity index (χ3v) is 3.88. The fraction of sp³-hybridized carbons (Fsp3) is 0.267. The molecule has 21 heavy (non-hydrogen) atoms. The van der Waals surface area contributed by atoms with Crippen LogP contribution in [0.4, 0.5) is 0 Å². The maximum Gasteiger partial charge on any atom is 0.354 e. The fourth-order valence-corrected chi connectivity index (χ4v) is 2.57. The maximum absolute atomic E-state index is 12.5. The maximum atomic E-state index is 12.5. The molecule has 0 saturated heterocycles. The summed E-state index contributed by atoms with van der Waals surface area (Å²) in [7, 11) is 0. The number of aromatic nitrogens is 1. The molecule has 0 fully saturated rings. The molecule has 0 atom stereocenters. The van der Waals surface area contributed by atoms with Gasteiger partial charge in [-0.1, -0.05) is 6.07 Å². The fourth-order valence-electron chi connectivity index (χ4n) is 1.87. The summed E-state index contributed by atoms with van der Waals surface area (Å²) in [6.07, 6.45) is 1.32. The van der Waals surface area contributed by atoms with Crippen LogP contribution in [0.2, 0.25) is 0 Å². The Balaban J connectivity index is 2.19. The number of carbonyl (C=O) groups is 2. The smallest absolute Gasteiger partial charge is 0.354 e. The molecule has 110 valence electrons. The zero-order valence-corrected chi connectivity index (χ0v) is 12.6. The van der Waals surface area contributed by atoms with Crippen LogP contribution in [0.3, 0.4) is 0 Å². The van der Waals surface area contributed by atoms with Crippen molar-refractivity contribution in [1.29, 1.82) is 0 Å². The van der Waals surface area contributed by atoms with Gasteiger partial charge >= 0.3 is 5.97 Å². The predicted molar refractivity (Wildman–Crippen MR) is 80.5 cm³/mol. The molecule has 1 amide bonds. The molecule has 1 N–H and O–H groups in total. The molecule has 6 heteroatoms. The molecule has 2 aromatic rings. The van der Waals surface area contributed by atoms with E-state index >= 15 is 0 Å². The number of carboxylic acid groups (broad SMARTS) is 1. The highest BCUT2D eigenvalue weighted by Crippen LogP contribution is 2.16. The Hall–Kier alpha value is -2.21. The van der Waals surface area contributed by atoms with Gasteiger partial charge in [0.25, 0.3) is 5.91 Å². The summed E-state index contributed by atoms with van der Waals surface area (Å²) in [4.78, 5) is 30.0. The Morgan fingerprint density at radius 2 is 2.10 bits per heavy atom. The van der Waals surface area contributed by atoms with E-state index in [4.69, 9.17) is 5.11 Å². The van der Waals surface area contributed by atoms with Crippen molar-refractivity contribution in [2.24, 2.45) is 0 Å². The lowest BCUT2D eigenvalue weighted by atomic mass is 10.2. The molecule has 0 aliphatic carbocycles. The first-order valence-electron chi connectivity index (χ1n) is 6.51. The molecule has 2 heterocycles. The average Bonchev–Trinajstić information content (AvgIpc) is 2.97. The molecular formula is C15H16N2O3S. The van der Waals surface area contributed by atoms with Gasteiger partial charge in [-0.3, -0.25) is 4.79 Å². The van der Waals surface area contributed by atoms with Gasteiger partial charge in [0.2, 0.25) is 0 Å². The highest BCUT2D eigenvalue weighted by molar-refractivity contribution is 7.09. The molecule has 2 aromatic heterocycles. The minimum atomic E-state index is -1.10. The Morgan fingerprint density at radius 3 is 2.57 bits per heavy atom. The van der Waals surface area contributed by atoms with Crippen LogP contribution in [-0.2, 0) is 6.54 Å². The zero-order valence-electron chi connectivity index (χ0n) is 11.8. The highest BCUT2D eigenvalue weighted by Gasteiger charge is 2.20.